The Bertz CT molecular complexity index is 450. The van der Waals surface area contributed by atoms with Crippen molar-refractivity contribution in [3.8, 4) is 0 Å². The summed E-state index contributed by atoms with van der Waals surface area (Å²) in [5, 5.41) is 3.23. The highest BCUT2D eigenvalue weighted by atomic mass is 35.5. The van der Waals surface area contributed by atoms with Crippen LogP contribution in [0.2, 0.25) is 0 Å². The van der Waals surface area contributed by atoms with E-state index in [1.165, 1.54) is 6.07 Å². The molecular formula is C16H24ClFN2O. The number of benzene rings is 1. The number of carbonyl (C=O) groups excluding carboxylic acids is 1. The standard InChI is InChI=1S/C16H23FN2O.ClH/c1-2-9-19(16(20)14-6-8-18-12-14)10-7-13-4-3-5-15(17)11-13;/h3-5,11,14,18H,2,6-10,12H2,1H3;1H. The van der Waals surface area contributed by atoms with E-state index < -0.39 is 0 Å². The van der Waals surface area contributed by atoms with Crippen molar-refractivity contribution in [2.24, 2.45) is 5.92 Å². The van der Waals surface area contributed by atoms with Gasteiger partial charge in [-0.05, 0) is 43.5 Å². The molecule has 1 atom stereocenters. The summed E-state index contributed by atoms with van der Waals surface area (Å²) in [5.74, 6) is 0.151. The van der Waals surface area contributed by atoms with E-state index >= 15 is 0 Å². The van der Waals surface area contributed by atoms with Crippen LogP contribution in [0.4, 0.5) is 4.39 Å². The van der Waals surface area contributed by atoms with Crippen LogP contribution in [-0.2, 0) is 11.2 Å². The number of halogens is 2. The largest absolute Gasteiger partial charge is 0.342 e. The van der Waals surface area contributed by atoms with Crippen LogP contribution in [0.15, 0.2) is 24.3 Å². The van der Waals surface area contributed by atoms with Gasteiger partial charge < -0.3 is 10.2 Å². The third-order valence-corrected chi connectivity index (χ3v) is 3.77. The van der Waals surface area contributed by atoms with Crippen molar-refractivity contribution in [2.45, 2.75) is 26.2 Å². The number of carbonyl (C=O) groups is 1. The summed E-state index contributed by atoms with van der Waals surface area (Å²) in [6.07, 6.45) is 2.59. The first-order valence-corrected chi connectivity index (χ1v) is 7.44. The van der Waals surface area contributed by atoms with Gasteiger partial charge in [0, 0.05) is 19.6 Å². The molecule has 0 saturated carbocycles. The highest BCUT2D eigenvalue weighted by Gasteiger charge is 2.26. The van der Waals surface area contributed by atoms with E-state index in [-0.39, 0.29) is 30.0 Å². The van der Waals surface area contributed by atoms with Crippen LogP contribution in [0, 0.1) is 11.7 Å². The molecule has 1 aliphatic rings. The van der Waals surface area contributed by atoms with Crippen LogP contribution in [0.5, 0.6) is 0 Å². The number of rotatable bonds is 6. The second-order valence-corrected chi connectivity index (χ2v) is 5.39. The molecule has 1 amide bonds. The van der Waals surface area contributed by atoms with E-state index in [0.29, 0.717) is 13.0 Å². The maximum absolute atomic E-state index is 13.2. The minimum Gasteiger partial charge on any atom is -0.342 e. The predicted octanol–water partition coefficient (Wildman–Crippen LogP) is 2.64. The molecule has 1 N–H and O–H groups in total. The molecule has 0 bridgehead atoms. The van der Waals surface area contributed by atoms with Crippen molar-refractivity contribution in [2.75, 3.05) is 26.2 Å². The summed E-state index contributed by atoms with van der Waals surface area (Å²) < 4.78 is 13.2. The summed E-state index contributed by atoms with van der Waals surface area (Å²) in [6.45, 7) is 5.26. The van der Waals surface area contributed by atoms with Crippen molar-refractivity contribution >= 4 is 18.3 Å². The number of hydrogen-bond acceptors (Lipinski definition) is 2. The molecule has 0 aliphatic carbocycles. The highest BCUT2D eigenvalue weighted by Crippen LogP contribution is 2.13. The van der Waals surface area contributed by atoms with Gasteiger partial charge in [-0.3, -0.25) is 4.79 Å². The summed E-state index contributed by atoms with van der Waals surface area (Å²) in [5.41, 5.74) is 0.948. The van der Waals surface area contributed by atoms with Gasteiger partial charge in [-0.1, -0.05) is 19.1 Å². The predicted molar refractivity (Wildman–Crippen MR) is 85.2 cm³/mol. The number of amides is 1. The second-order valence-electron chi connectivity index (χ2n) is 5.39. The van der Waals surface area contributed by atoms with E-state index in [4.69, 9.17) is 0 Å². The highest BCUT2D eigenvalue weighted by molar-refractivity contribution is 5.85. The Hall–Kier alpha value is -1.13. The number of nitrogens with one attached hydrogen (secondary N) is 1. The molecule has 3 nitrogen and oxygen atoms in total. The zero-order valence-corrected chi connectivity index (χ0v) is 13.3. The Balaban J connectivity index is 0.00000220. The lowest BCUT2D eigenvalue weighted by Gasteiger charge is -2.25. The smallest absolute Gasteiger partial charge is 0.227 e. The summed E-state index contributed by atoms with van der Waals surface area (Å²) in [6, 6.07) is 6.63. The van der Waals surface area contributed by atoms with Crippen molar-refractivity contribution in [3.63, 3.8) is 0 Å². The Morgan fingerprint density at radius 3 is 2.86 bits per heavy atom. The van der Waals surface area contributed by atoms with Crippen LogP contribution < -0.4 is 5.32 Å². The van der Waals surface area contributed by atoms with Gasteiger partial charge in [0.15, 0.2) is 0 Å². The molecule has 21 heavy (non-hydrogen) atoms. The first kappa shape index (κ1) is 17.9. The van der Waals surface area contributed by atoms with Gasteiger partial charge in [0.25, 0.3) is 0 Å². The summed E-state index contributed by atoms with van der Waals surface area (Å²) in [4.78, 5) is 14.4. The minimum atomic E-state index is -0.212. The molecule has 1 fully saturated rings. The fourth-order valence-corrected chi connectivity index (χ4v) is 2.68. The number of nitrogens with zero attached hydrogens (tertiary/aromatic N) is 1. The normalized spacial score (nSPS) is 17.3. The first-order valence-electron chi connectivity index (χ1n) is 7.44. The molecule has 1 aromatic carbocycles. The van der Waals surface area contributed by atoms with Crippen LogP contribution in [0.1, 0.15) is 25.3 Å². The van der Waals surface area contributed by atoms with Gasteiger partial charge in [0.2, 0.25) is 5.91 Å². The third-order valence-electron chi connectivity index (χ3n) is 3.77. The molecule has 1 saturated heterocycles. The van der Waals surface area contributed by atoms with Crippen molar-refractivity contribution in [1.29, 1.82) is 0 Å². The van der Waals surface area contributed by atoms with Gasteiger partial charge in [0.1, 0.15) is 5.82 Å². The third kappa shape index (κ3) is 5.29. The average Bonchev–Trinajstić information content (AvgIpc) is 2.97. The van der Waals surface area contributed by atoms with Crippen molar-refractivity contribution < 1.29 is 9.18 Å². The maximum Gasteiger partial charge on any atom is 0.227 e. The Morgan fingerprint density at radius 2 is 2.24 bits per heavy atom. The molecule has 1 aliphatic heterocycles. The van der Waals surface area contributed by atoms with E-state index in [1.54, 1.807) is 12.1 Å². The summed E-state index contributed by atoms with van der Waals surface area (Å²) >= 11 is 0. The van der Waals surface area contributed by atoms with Crippen LogP contribution in [-0.4, -0.2) is 37.0 Å². The van der Waals surface area contributed by atoms with E-state index in [2.05, 4.69) is 12.2 Å². The average molecular weight is 315 g/mol. The SMILES string of the molecule is CCCN(CCc1cccc(F)c1)C(=O)C1CCNC1.Cl. The molecule has 2 rings (SSSR count). The zero-order valence-electron chi connectivity index (χ0n) is 12.5. The Morgan fingerprint density at radius 1 is 1.43 bits per heavy atom. The van der Waals surface area contributed by atoms with Crippen LogP contribution >= 0.6 is 12.4 Å². The van der Waals surface area contributed by atoms with E-state index in [0.717, 1.165) is 38.0 Å². The topological polar surface area (TPSA) is 32.3 Å². The van der Waals surface area contributed by atoms with Crippen LogP contribution in [0.25, 0.3) is 0 Å². The molecule has 5 heteroatoms. The lowest BCUT2D eigenvalue weighted by Crippen LogP contribution is -2.38. The number of hydrogen-bond donors (Lipinski definition) is 1. The molecule has 1 unspecified atom stereocenters. The first-order chi connectivity index (χ1) is 9.70. The van der Waals surface area contributed by atoms with Crippen molar-refractivity contribution in [3.05, 3.63) is 35.6 Å². The van der Waals surface area contributed by atoms with Crippen LogP contribution in [0.3, 0.4) is 0 Å². The molecule has 1 aromatic rings. The molecular weight excluding hydrogens is 291 g/mol. The van der Waals surface area contributed by atoms with Gasteiger partial charge in [-0.15, -0.1) is 12.4 Å². The quantitative estimate of drug-likeness (QED) is 0.875. The lowest BCUT2D eigenvalue weighted by atomic mass is 10.1. The van der Waals surface area contributed by atoms with Gasteiger partial charge in [-0.2, -0.15) is 0 Å². The second kappa shape index (κ2) is 9.00. The molecule has 0 radical (unpaired) electrons. The Labute approximate surface area is 132 Å². The lowest BCUT2D eigenvalue weighted by molar-refractivity contribution is -0.134. The van der Waals surface area contributed by atoms with Gasteiger partial charge >= 0.3 is 0 Å². The van der Waals surface area contributed by atoms with E-state index in [1.807, 2.05) is 11.0 Å². The fourth-order valence-electron chi connectivity index (χ4n) is 2.68. The monoisotopic (exact) mass is 314 g/mol. The van der Waals surface area contributed by atoms with E-state index in [9.17, 15) is 9.18 Å². The summed E-state index contributed by atoms with van der Waals surface area (Å²) in [7, 11) is 0. The zero-order chi connectivity index (χ0) is 14.4. The molecule has 0 spiro atoms. The molecule has 118 valence electrons. The fraction of sp³-hybridized carbons (Fsp3) is 0.562. The Kier molecular flexibility index (Phi) is 7.68. The van der Waals surface area contributed by atoms with Crippen molar-refractivity contribution in [1.82, 2.24) is 10.2 Å². The van der Waals surface area contributed by atoms with Gasteiger partial charge in [0.05, 0.1) is 5.92 Å². The molecule has 1 heterocycles. The van der Waals surface area contributed by atoms with Gasteiger partial charge in [-0.25, -0.2) is 4.39 Å². The molecule has 0 aromatic heterocycles. The minimum absolute atomic E-state index is 0. The maximum atomic E-state index is 13.2.